The molecule has 0 aliphatic rings. The van der Waals surface area contributed by atoms with Crippen molar-refractivity contribution in [2.45, 2.75) is 24.5 Å². The molecule has 0 aromatic heterocycles. The molecule has 5 heteroatoms. The summed E-state index contributed by atoms with van der Waals surface area (Å²) in [7, 11) is 1.23. The topological polar surface area (TPSA) is 66.8 Å². The van der Waals surface area contributed by atoms with Crippen LogP contribution in [0.3, 0.4) is 0 Å². The molecule has 0 radical (unpaired) electrons. The number of alkyl halides is 1. The second-order valence-corrected chi connectivity index (χ2v) is 3.93. The first kappa shape index (κ1) is 14.0. The van der Waals surface area contributed by atoms with Gasteiger partial charge >= 0.3 is 5.97 Å². The Kier molecular flexibility index (Phi) is 5.41. The lowest BCUT2D eigenvalue weighted by atomic mass is 10.0. The number of rotatable bonds is 5. The van der Waals surface area contributed by atoms with Crippen LogP contribution in [0, 0.1) is 0 Å². The fourth-order valence-electron chi connectivity index (χ4n) is 1.39. The van der Waals surface area contributed by atoms with E-state index in [1.807, 2.05) is 0 Å². The first-order valence-electron chi connectivity index (χ1n) is 5.16. The summed E-state index contributed by atoms with van der Waals surface area (Å²) < 4.78 is 4.42. The Hall–Kier alpha value is -1.10. The normalized spacial score (nSPS) is 14.1. The zero-order chi connectivity index (χ0) is 12.8. The van der Waals surface area contributed by atoms with Crippen molar-refractivity contribution in [1.29, 1.82) is 0 Å². The highest BCUT2D eigenvalue weighted by atomic mass is 35.5. The summed E-state index contributed by atoms with van der Waals surface area (Å²) in [5.74, 6) is -0.171. The van der Waals surface area contributed by atoms with Crippen LogP contribution in [-0.2, 0) is 15.4 Å². The lowest BCUT2D eigenvalue weighted by Crippen LogP contribution is -2.22. The first-order valence-corrected chi connectivity index (χ1v) is 5.69. The molecule has 1 aromatic carbocycles. The summed E-state index contributed by atoms with van der Waals surface area (Å²) in [5.41, 5.74) is 1.46. The maximum atomic E-state index is 10.9. The van der Waals surface area contributed by atoms with Gasteiger partial charge in [0.15, 0.2) is 0 Å². The minimum Gasteiger partial charge on any atom is -0.469 e. The summed E-state index contributed by atoms with van der Waals surface area (Å²) in [6.45, 7) is 0. The van der Waals surface area contributed by atoms with Crippen LogP contribution in [0.15, 0.2) is 24.3 Å². The van der Waals surface area contributed by atoms with E-state index in [0.29, 0.717) is 11.4 Å². The van der Waals surface area contributed by atoms with Crippen molar-refractivity contribution in [3.05, 3.63) is 35.4 Å². The zero-order valence-corrected chi connectivity index (χ0v) is 10.2. The van der Waals surface area contributed by atoms with E-state index >= 15 is 0 Å². The van der Waals surface area contributed by atoms with Crippen molar-refractivity contribution in [3.63, 3.8) is 0 Å². The van der Waals surface area contributed by atoms with E-state index in [0.717, 1.165) is 5.56 Å². The standard InChI is InChI=1S/C12H15ClO4/c1-17-11(15)6-10(14)12(16)9-4-2-8(7-13)3-5-9/h2-5,10,12,14,16H,6-7H2,1H3. The van der Waals surface area contributed by atoms with Crippen molar-refractivity contribution in [2.75, 3.05) is 7.11 Å². The molecule has 2 unspecified atom stereocenters. The van der Waals surface area contributed by atoms with Gasteiger partial charge in [-0.05, 0) is 11.1 Å². The van der Waals surface area contributed by atoms with Gasteiger partial charge in [0.05, 0.1) is 19.6 Å². The monoisotopic (exact) mass is 258 g/mol. The molecule has 2 atom stereocenters. The van der Waals surface area contributed by atoms with Crippen LogP contribution in [0.4, 0.5) is 0 Å². The van der Waals surface area contributed by atoms with E-state index in [4.69, 9.17) is 11.6 Å². The van der Waals surface area contributed by atoms with E-state index in [1.165, 1.54) is 7.11 Å². The fraction of sp³-hybridized carbons (Fsp3) is 0.417. The smallest absolute Gasteiger partial charge is 0.308 e. The van der Waals surface area contributed by atoms with E-state index in [-0.39, 0.29) is 6.42 Å². The van der Waals surface area contributed by atoms with Gasteiger partial charge in [0.25, 0.3) is 0 Å². The number of hydrogen-bond donors (Lipinski definition) is 2. The lowest BCUT2D eigenvalue weighted by molar-refractivity contribution is -0.144. The number of benzene rings is 1. The molecule has 0 saturated heterocycles. The van der Waals surface area contributed by atoms with E-state index in [2.05, 4.69) is 4.74 Å². The highest BCUT2D eigenvalue weighted by Gasteiger charge is 2.21. The number of ether oxygens (including phenoxy) is 1. The van der Waals surface area contributed by atoms with Gasteiger partial charge in [0, 0.05) is 5.88 Å². The molecule has 94 valence electrons. The summed E-state index contributed by atoms with van der Waals surface area (Å²) in [6, 6.07) is 6.86. The Morgan fingerprint density at radius 2 is 1.94 bits per heavy atom. The zero-order valence-electron chi connectivity index (χ0n) is 9.47. The second-order valence-electron chi connectivity index (χ2n) is 3.67. The van der Waals surface area contributed by atoms with Crippen molar-refractivity contribution < 1.29 is 19.7 Å². The van der Waals surface area contributed by atoms with Crippen molar-refractivity contribution >= 4 is 17.6 Å². The first-order chi connectivity index (χ1) is 8.08. The molecule has 0 saturated carbocycles. The minimum absolute atomic E-state index is 0.241. The molecule has 0 heterocycles. The highest BCUT2D eigenvalue weighted by molar-refractivity contribution is 6.17. The molecule has 0 fully saturated rings. The van der Waals surface area contributed by atoms with Gasteiger partial charge in [-0.2, -0.15) is 0 Å². The van der Waals surface area contributed by atoms with Crippen LogP contribution in [0.5, 0.6) is 0 Å². The Morgan fingerprint density at radius 1 is 1.35 bits per heavy atom. The number of hydrogen-bond acceptors (Lipinski definition) is 4. The molecule has 17 heavy (non-hydrogen) atoms. The number of carbonyl (C=O) groups excluding carboxylic acids is 1. The largest absolute Gasteiger partial charge is 0.469 e. The number of aliphatic hydroxyl groups excluding tert-OH is 2. The van der Waals surface area contributed by atoms with Gasteiger partial charge in [-0.3, -0.25) is 4.79 Å². The third-order valence-electron chi connectivity index (χ3n) is 2.44. The SMILES string of the molecule is COC(=O)CC(O)C(O)c1ccc(CCl)cc1. The predicted octanol–water partition coefficient (Wildman–Crippen LogP) is 1.38. The van der Waals surface area contributed by atoms with Gasteiger partial charge in [-0.1, -0.05) is 24.3 Å². The van der Waals surface area contributed by atoms with Gasteiger partial charge in [-0.15, -0.1) is 11.6 Å². The maximum absolute atomic E-state index is 10.9. The Balaban J connectivity index is 2.67. The van der Waals surface area contributed by atoms with Crippen LogP contribution in [0.2, 0.25) is 0 Å². The predicted molar refractivity (Wildman–Crippen MR) is 63.6 cm³/mol. The van der Waals surface area contributed by atoms with Crippen molar-refractivity contribution in [2.24, 2.45) is 0 Å². The van der Waals surface area contributed by atoms with E-state index < -0.39 is 18.2 Å². The van der Waals surface area contributed by atoms with Crippen molar-refractivity contribution in [3.8, 4) is 0 Å². The number of aliphatic hydroxyl groups is 2. The van der Waals surface area contributed by atoms with Crippen LogP contribution in [0.25, 0.3) is 0 Å². The lowest BCUT2D eigenvalue weighted by Gasteiger charge is -2.17. The molecular weight excluding hydrogens is 244 g/mol. The molecule has 1 aromatic rings. The molecule has 4 nitrogen and oxygen atoms in total. The number of halogens is 1. The average molecular weight is 259 g/mol. The van der Waals surface area contributed by atoms with Gasteiger partial charge in [0.1, 0.15) is 6.10 Å². The highest BCUT2D eigenvalue weighted by Crippen LogP contribution is 2.20. The Morgan fingerprint density at radius 3 is 2.41 bits per heavy atom. The summed E-state index contributed by atoms with van der Waals surface area (Å²) in [4.78, 5) is 10.9. The molecule has 2 N–H and O–H groups in total. The quantitative estimate of drug-likeness (QED) is 0.619. The fourth-order valence-corrected chi connectivity index (χ4v) is 1.57. The number of esters is 1. The molecule has 0 aliphatic carbocycles. The molecular formula is C12H15ClO4. The summed E-state index contributed by atoms with van der Waals surface area (Å²) >= 11 is 5.64. The minimum atomic E-state index is -1.18. The Bertz CT molecular complexity index is 363. The molecule has 1 rings (SSSR count). The van der Waals surface area contributed by atoms with Gasteiger partial charge in [-0.25, -0.2) is 0 Å². The van der Waals surface area contributed by atoms with Crippen LogP contribution in [0.1, 0.15) is 23.7 Å². The van der Waals surface area contributed by atoms with Crippen molar-refractivity contribution in [1.82, 2.24) is 0 Å². The van der Waals surface area contributed by atoms with E-state index in [1.54, 1.807) is 24.3 Å². The maximum Gasteiger partial charge on any atom is 0.308 e. The molecule has 0 amide bonds. The van der Waals surface area contributed by atoms with Gasteiger partial charge < -0.3 is 14.9 Å². The summed E-state index contributed by atoms with van der Waals surface area (Å²) in [5, 5.41) is 19.4. The van der Waals surface area contributed by atoms with Crippen LogP contribution >= 0.6 is 11.6 Å². The third-order valence-corrected chi connectivity index (χ3v) is 2.75. The van der Waals surface area contributed by atoms with Crippen LogP contribution < -0.4 is 0 Å². The molecule has 0 spiro atoms. The second kappa shape index (κ2) is 6.59. The Labute approximate surface area is 105 Å². The molecule has 0 bridgehead atoms. The average Bonchev–Trinajstić information content (AvgIpc) is 2.37. The van der Waals surface area contributed by atoms with E-state index in [9.17, 15) is 15.0 Å². The number of carbonyl (C=O) groups is 1. The van der Waals surface area contributed by atoms with Crippen LogP contribution in [-0.4, -0.2) is 29.4 Å². The number of methoxy groups -OCH3 is 1. The molecule has 0 aliphatic heterocycles. The summed E-state index contributed by atoms with van der Waals surface area (Å²) in [6.07, 6.45) is -2.53. The van der Waals surface area contributed by atoms with Gasteiger partial charge in [0.2, 0.25) is 0 Å². The third kappa shape index (κ3) is 4.00.